The molecule has 0 saturated carbocycles. The van der Waals surface area contributed by atoms with E-state index in [1.807, 2.05) is 36.4 Å². The third kappa shape index (κ3) is 9.76. The van der Waals surface area contributed by atoms with Crippen LogP contribution in [0.3, 0.4) is 0 Å². The standard InChI is InChI=1S/C37H40O8/c1-7-32(38)42-25-11-9-10-12-34(40)43-30-21-17-28(18-22-30)36(3,4)26-13-15-27(16-14-26)37(5,6)29-19-23-31(24-20-29)44-35(41)45-33(39)8-2/h7-8,13-24H,1-2,9-12,25H2,3-6H3. The van der Waals surface area contributed by atoms with Crippen molar-refractivity contribution in [1.29, 1.82) is 0 Å². The molecule has 0 radical (unpaired) electrons. The van der Waals surface area contributed by atoms with Gasteiger partial charge in [0.2, 0.25) is 0 Å². The molecule has 0 aromatic heterocycles. The van der Waals surface area contributed by atoms with Crippen LogP contribution >= 0.6 is 0 Å². The molecule has 0 atom stereocenters. The van der Waals surface area contributed by atoms with Crippen molar-refractivity contribution in [2.24, 2.45) is 0 Å². The van der Waals surface area contributed by atoms with E-state index in [9.17, 15) is 19.2 Å². The van der Waals surface area contributed by atoms with E-state index >= 15 is 0 Å². The summed E-state index contributed by atoms with van der Waals surface area (Å²) in [7, 11) is 0. The fourth-order valence-corrected chi connectivity index (χ4v) is 4.72. The van der Waals surface area contributed by atoms with Gasteiger partial charge in [0, 0.05) is 29.4 Å². The zero-order chi connectivity index (χ0) is 33.0. The second-order valence-corrected chi connectivity index (χ2v) is 11.5. The van der Waals surface area contributed by atoms with Crippen LogP contribution in [0.25, 0.3) is 0 Å². The minimum absolute atomic E-state index is 0.259. The number of ether oxygens (including phenoxy) is 4. The maximum atomic E-state index is 12.3. The summed E-state index contributed by atoms with van der Waals surface area (Å²) in [5.41, 5.74) is 3.67. The van der Waals surface area contributed by atoms with Gasteiger partial charge in [-0.15, -0.1) is 0 Å². The molecule has 0 aliphatic rings. The van der Waals surface area contributed by atoms with Crippen molar-refractivity contribution in [3.63, 3.8) is 0 Å². The second kappa shape index (κ2) is 15.7. The molecule has 3 aromatic rings. The zero-order valence-corrected chi connectivity index (χ0v) is 26.3. The number of unbranched alkanes of at least 4 members (excludes halogenated alkanes) is 2. The van der Waals surface area contributed by atoms with E-state index < -0.39 is 18.1 Å². The number of benzene rings is 3. The van der Waals surface area contributed by atoms with E-state index in [0.717, 1.165) is 40.8 Å². The summed E-state index contributed by atoms with van der Waals surface area (Å²) in [6, 6.07) is 23.1. The van der Waals surface area contributed by atoms with Crippen LogP contribution in [0.1, 0.15) is 75.6 Å². The first-order valence-corrected chi connectivity index (χ1v) is 14.7. The fourth-order valence-electron chi connectivity index (χ4n) is 4.72. The largest absolute Gasteiger partial charge is 0.521 e. The van der Waals surface area contributed by atoms with Gasteiger partial charge in [0.15, 0.2) is 0 Å². The Kier molecular flexibility index (Phi) is 12.0. The molecule has 0 spiro atoms. The van der Waals surface area contributed by atoms with E-state index in [1.54, 1.807) is 12.1 Å². The number of esters is 3. The molecular formula is C37H40O8. The van der Waals surface area contributed by atoms with Crippen LogP contribution in [-0.4, -0.2) is 30.7 Å². The fraction of sp³-hybridized carbons (Fsp3) is 0.297. The molecule has 8 heteroatoms. The molecule has 0 aliphatic carbocycles. The average molecular weight is 613 g/mol. The molecule has 0 bridgehead atoms. The number of carbonyl (C=O) groups excluding carboxylic acids is 4. The Morgan fingerprint density at radius 1 is 0.600 bits per heavy atom. The monoisotopic (exact) mass is 612 g/mol. The maximum absolute atomic E-state index is 12.3. The molecular weight excluding hydrogens is 572 g/mol. The van der Waals surface area contributed by atoms with Gasteiger partial charge in [-0.1, -0.05) is 89.4 Å². The van der Waals surface area contributed by atoms with E-state index in [2.05, 4.69) is 69.9 Å². The molecule has 0 N–H and O–H groups in total. The normalized spacial score (nSPS) is 11.2. The van der Waals surface area contributed by atoms with Crippen LogP contribution in [0.2, 0.25) is 0 Å². The van der Waals surface area contributed by atoms with Gasteiger partial charge >= 0.3 is 24.1 Å². The lowest BCUT2D eigenvalue weighted by Gasteiger charge is -2.29. The Morgan fingerprint density at radius 2 is 1.02 bits per heavy atom. The smallest absolute Gasteiger partial charge is 0.463 e. The van der Waals surface area contributed by atoms with E-state index in [1.165, 1.54) is 0 Å². The Hall–Kier alpha value is -4.98. The molecule has 236 valence electrons. The highest BCUT2D eigenvalue weighted by atomic mass is 16.7. The number of carbonyl (C=O) groups is 4. The molecule has 0 heterocycles. The summed E-state index contributed by atoms with van der Waals surface area (Å²) < 4.78 is 19.9. The van der Waals surface area contributed by atoms with Crippen molar-refractivity contribution in [2.75, 3.05) is 6.61 Å². The molecule has 3 aromatic carbocycles. The summed E-state index contributed by atoms with van der Waals surface area (Å²) in [6.07, 6.45) is 3.27. The third-order valence-corrected chi connectivity index (χ3v) is 7.70. The van der Waals surface area contributed by atoms with Crippen molar-refractivity contribution >= 4 is 24.1 Å². The zero-order valence-electron chi connectivity index (χ0n) is 26.3. The molecule has 0 saturated heterocycles. The summed E-state index contributed by atoms with van der Waals surface area (Å²) in [6.45, 7) is 15.4. The Morgan fingerprint density at radius 3 is 1.47 bits per heavy atom. The van der Waals surface area contributed by atoms with Gasteiger partial charge in [-0.25, -0.2) is 14.4 Å². The lowest BCUT2D eigenvalue weighted by molar-refractivity contribution is -0.138. The molecule has 45 heavy (non-hydrogen) atoms. The summed E-state index contributed by atoms with van der Waals surface area (Å²) in [5.74, 6) is -0.868. The predicted molar refractivity (Wildman–Crippen MR) is 171 cm³/mol. The molecule has 8 nitrogen and oxygen atoms in total. The number of hydrogen-bond acceptors (Lipinski definition) is 8. The van der Waals surface area contributed by atoms with Crippen molar-refractivity contribution < 1.29 is 38.1 Å². The lowest BCUT2D eigenvalue weighted by Crippen LogP contribution is -2.21. The van der Waals surface area contributed by atoms with Crippen LogP contribution in [-0.2, 0) is 34.7 Å². The van der Waals surface area contributed by atoms with Crippen LogP contribution in [0.15, 0.2) is 98.1 Å². The topological polar surface area (TPSA) is 105 Å². The quantitative estimate of drug-likeness (QED) is 0.0454. The first-order chi connectivity index (χ1) is 21.4. The predicted octanol–water partition coefficient (Wildman–Crippen LogP) is 7.76. The van der Waals surface area contributed by atoms with E-state index in [0.29, 0.717) is 25.2 Å². The first kappa shape index (κ1) is 34.5. The van der Waals surface area contributed by atoms with Gasteiger partial charge in [-0.2, -0.15) is 0 Å². The van der Waals surface area contributed by atoms with Crippen LogP contribution in [0.4, 0.5) is 4.79 Å². The van der Waals surface area contributed by atoms with Crippen LogP contribution in [0, 0.1) is 0 Å². The van der Waals surface area contributed by atoms with Crippen LogP contribution < -0.4 is 9.47 Å². The molecule has 0 amide bonds. The minimum Gasteiger partial charge on any atom is -0.463 e. The lowest BCUT2D eigenvalue weighted by atomic mass is 9.74. The maximum Gasteiger partial charge on any atom is 0.521 e. The summed E-state index contributed by atoms with van der Waals surface area (Å²) >= 11 is 0. The van der Waals surface area contributed by atoms with Gasteiger partial charge < -0.3 is 18.9 Å². The van der Waals surface area contributed by atoms with Crippen molar-refractivity contribution in [2.45, 2.75) is 64.2 Å². The Bertz CT molecular complexity index is 1500. The van der Waals surface area contributed by atoms with Crippen LogP contribution in [0.5, 0.6) is 11.5 Å². The van der Waals surface area contributed by atoms with Gasteiger partial charge in [0.1, 0.15) is 11.5 Å². The van der Waals surface area contributed by atoms with Gasteiger partial charge in [0.05, 0.1) is 6.61 Å². The van der Waals surface area contributed by atoms with Crippen molar-refractivity contribution in [3.8, 4) is 11.5 Å². The third-order valence-electron chi connectivity index (χ3n) is 7.70. The SMILES string of the molecule is C=CC(=O)OCCCCCC(=O)Oc1ccc(C(C)(C)c2ccc(C(C)(C)c3ccc(OC(=O)OC(=O)C=C)cc3)cc2)cc1. The van der Waals surface area contributed by atoms with E-state index in [4.69, 9.17) is 14.2 Å². The first-order valence-electron chi connectivity index (χ1n) is 14.7. The highest BCUT2D eigenvalue weighted by Crippen LogP contribution is 2.36. The number of hydrogen-bond donors (Lipinski definition) is 0. The van der Waals surface area contributed by atoms with Crippen molar-refractivity contribution in [1.82, 2.24) is 0 Å². The summed E-state index contributed by atoms with van der Waals surface area (Å²) in [4.78, 5) is 46.2. The van der Waals surface area contributed by atoms with E-state index in [-0.39, 0.29) is 29.0 Å². The minimum atomic E-state index is -1.12. The Labute approximate surface area is 264 Å². The average Bonchev–Trinajstić information content (AvgIpc) is 3.03. The molecule has 0 aliphatic heterocycles. The second-order valence-electron chi connectivity index (χ2n) is 11.5. The molecule has 3 rings (SSSR count). The Balaban J connectivity index is 1.58. The molecule has 0 fully saturated rings. The van der Waals surface area contributed by atoms with Gasteiger partial charge in [-0.05, 0) is 65.8 Å². The molecule has 0 unspecified atom stereocenters. The highest BCUT2D eigenvalue weighted by molar-refractivity contribution is 5.89. The summed E-state index contributed by atoms with van der Waals surface area (Å²) in [5, 5.41) is 0. The van der Waals surface area contributed by atoms with Crippen molar-refractivity contribution in [3.05, 3.63) is 120 Å². The van der Waals surface area contributed by atoms with Gasteiger partial charge in [-0.3, -0.25) is 4.79 Å². The highest BCUT2D eigenvalue weighted by Gasteiger charge is 2.27. The van der Waals surface area contributed by atoms with Gasteiger partial charge in [0.25, 0.3) is 0 Å². The number of rotatable bonds is 14.